The summed E-state index contributed by atoms with van der Waals surface area (Å²) in [7, 11) is 1.57. The van der Waals surface area contributed by atoms with Crippen molar-refractivity contribution in [2.75, 3.05) is 13.7 Å². The Balaban J connectivity index is 2.11. The maximum atomic E-state index is 10.9. The SMILES string of the molecule is C=CCc1ccc(OC2CNC(=O)O2)c(OC)c1. The molecule has 1 fully saturated rings. The van der Waals surface area contributed by atoms with E-state index < -0.39 is 12.4 Å². The number of rotatable bonds is 5. The highest BCUT2D eigenvalue weighted by molar-refractivity contribution is 5.69. The fourth-order valence-corrected chi connectivity index (χ4v) is 1.68. The Hall–Kier alpha value is -2.17. The number of amides is 1. The maximum Gasteiger partial charge on any atom is 0.410 e. The van der Waals surface area contributed by atoms with Gasteiger partial charge in [-0.1, -0.05) is 12.1 Å². The highest BCUT2D eigenvalue weighted by Gasteiger charge is 2.24. The predicted molar refractivity (Wildman–Crippen MR) is 65.8 cm³/mol. The number of alkyl carbamates (subject to hydrolysis) is 1. The van der Waals surface area contributed by atoms with Crippen LogP contribution in [0.2, 0.25) is 0 Å². The lowest BCUT2D eigenvalue weighted by Gasteiger charge is -2.14. The summed E-state index contributed by atoms with van der Waals surface area (Å²) in [6, 6.07) is 5.59. The molecule has 1 heterocycles. The van der Waals surface area contributed by atoms with E-state index in [4.69, 9.17) is 14.2 Å². The van der Waals surface area contributed by atoms with E-state index in [2.05, 4.69) is 11.9 Å². The third-order valence-corrected chi connectivity index (χ3v) is 2.52. The maximum absolute atomic E-state index is 10.9. The van der Waals surface area contributed by atoms with Crippen molar-refractivity contribution in [1.29, 1.82) is 0 Å². The van der Waals surface area contributed by atoms with Gasteiger partial charge in [0.15, 0.2) is 11.5 Å². The minimum atomic E-state index is -0.614. The number of nitrogens with one attached hydrogen (secondary N) is 1. The largest absolute Gasteiger partial charge is 0.493 e. The van der Waals surface area contributed by atoms with Crippen LogP contribution in [0.25, 0.3) is 0 Å². The monoisotopic (exact) mass is 249 g/mol. The van der Waals surface area contributed by atoms with Crippen molar-refractivity contribution in [2.45, 2.75) is 12.7 Å². The Morgan fingerprint density at radius 2 is 2.39 bits per heavy atom. The highest BCUT2D eigenvalue weighted by Crippen LogP contribution is 2.29. The lowest BCUT2D eigenvalue weighted by atomic mass is 10.1. The number of ether oxygens (including phenoxy) is 3. The van der Waals surface area contributed by atoms with Gasteiger partial charge in [0, 0.05) is 0 Å². The number of carbonyl (C=O) groups is 1. The molecule has 1 aliphatic rings. The lowest BCUT2D eigenvalue weighted by Crippen LogP contribution is -2.21. The molecule has 1 atom stereocenters. The first kappa shape index (κ1) is 12.3. The summed E-state index contributed by atoms with van der Waals surface area (Å²) in [6.07, 6.45) is 1.49. The number of benzene rings is 1. The van der Waals surface area contributed by atoms with Gasteiger partial charge in [-0.3, -0.25) is 0 Å². The molecule has 1 N–H and O–H groups in total. The second-order valence-corrected chi connectivity index (χ2v) is 3.81. The van der Waals surface area contributed by atoms with Crippen molar-refractivity contribution in [2.24, 2.45) is 0 Å². The van der Waals surface area contributed by atoms with Gasteiger partial charge in [0.25, 0.3) is 6.29 Å². The van der Waals surface area contributed by atoms with E-state index in [0.29, 0.717) is 18.0 Å². The van der Waals surface area contributed by atoms with E-state index in [0.717, 1.165) is 12.0 Å². The molecule has 1 amide bonds. The molecule has 1 aromatic carbocycles. The number of cyclic esters (lactones) is 1. The lowest BCUT2D eigenvalue weighted by molar-refractivity contribution is 0.00384. The van der Waals surface area contributed by atoms with Crippen molar-refractivity contribution in [1.82, 2.24) is 5.32 Å². The van der Waals surface area contributed by atoms with Crippen LogP contribution in [0.15, 0.2) is 30.9 Å². The molecule has 2 rings (SSSR count). The fourth-order valence-electron chi connectivity index (χ4n) is 1.68. The minimum absolute atomic E-state index is 0.330. The van der Waals surface area contributed by atoms with Crippen LogP contribution in [0.1, 0.15) is 5.56 Å². The molecular weight excluding hydrogens is 234 g/mol. The van der Waals surface area contributed by atoms with E-state index in [1.54, 1.807) is 13.2 Å². The Morgan fingerprint density at radius 1 is 1.56 bits per heavy atom. The highest BCUT2D eigenvalue weighted by atomic mass is 16.7. The third-order valence-electron chi connectivity index (χ3n) is 2.52. The van der Waals surface area contributed by atoms with Crippen LogP contribution in [0.5, 0.6) is 11.5 Å². The fraction of sp³-hybridized carbons (Fsp3) is 0.308. The van der Waals surface area contributed by atoms with E-state index in [1.807, 2.05) is 18.2 Å². The van der Waals surface area contributed by atoms with Gasteiger partial charge in [0.05, 0.1) is 13.7 Å². The molecule has 96 valence electrons. The molecule has 0 spiro atoms. The van der Waals surface area contributed by atoms with Crippen molar-refractivity contribution in [3.63, 3.8) is 0 Å². The number of hydrogen-bond donors (Lipinski definition) is 1. The van der Waals surface area contributed by atoms with Crippen LogP contribution in [-0.2, 0) is 11.2 Å². The van der Waals surface area contributed by atoms with Gasteiger partial charge in [-0.15, -0.1) is 6.58 Å². The zero-order chi connectivity index (χ0) is 13.0. The Labute approximate surface area is 105 Å². The van der Waals surface area contributed by atoms with Crippen molar-refractivity contribution < 1.29 is 19.0 Å². The summed E-state index contributed by atoms with van der Waals surface area (Å²) in [5.41, 5.74) is 1.08. The first-order valence-electron chi connectivity index (χ1n) is 5.62. The molecule has 1 aliphatic heterocycles. The van der Waals surface area contributed by atoms with Crippen molar-refractivity contribution in [3.05, 3.63) is 36.4 Å². The van der Waals surface area contributed by atoms with E-state index in [-0.39, 0.29) is 0 Å². The summed E-state index contributed by atoms with van der Waals surface area (Å²) in [5, 5.41) is 2.52. The Bertz CT molecular complexity index is 458. The normalized spacial score (nSPS) is 17.8. The molecule has 5 heteroatoms. The van der Waals surface area contributed by atoms with Crippen LogP contribution in [-0.4, -0.2) is 26.0 Å². The van der Waals surface area contributed by atoms with Gasteiger partial charge in [0.1, 0.15) is 0 Å². The second kappa shape index (κ2) is 5.44. The van der Waals surface area contributed by atoms with Gasteiger partial charge in [-0.2, -0.15) is 0 Å². The van der Waals surface area contributed by atoms with Gasteiger partial charge in [0.2, 0.25) is 0 Å². The van der Waals surface area contributed by atoms with Crippen LogP contribution in [0.4, 0.5) is 4.79 Å². The van der Waals surface area contributed by atoms with Crippen LogP contribution in [0.3, 0.4) is 0 Å². The Morgan fingerprint density at radius 3 is 3.00 bits per heavy atom. The quantitative estimate of drug-likeness (QED) is 0.809. The number of allylic oxidation sites excluding steroid dienone is 1. The zero-order valence-corrected chi connectivity index (χ0v) is 10.1. The molecule has 0 radical (unpaired) electrons. The van der Waals surface area contributed by atoms with Gasteiger partial charge >= 0.3 is 6.09 Å². The van der Waals surface area contributed by atoms with Crippen molar-refractivity contribution >= 4 is 6.09 Å². The van der Waals surface area contributed by atoms with Gasteiger partial charge in [-0.05, 0) is 24.1 Å². The molecule has 5 nitrogen and oxygen atoms in total. The average Bonchev–Trinajstić information content (AvgIpc) is 2.77. The molecule has 1 unspecified atom stereocenters. The van der Waals surface area contributed by atoms with E-state index in [1.165, 1.54) is 0 Å². The zero-order valence-electron chi connectivity index (χ0n) is 10.1. The first-order valence-corrected chi connectivity index (χ1v) is 5.62. The first-order chi connectivity index (χ1) is 8.72. The molecule has 0 saturated carbocycles. The smallest absolute Gasteiger partial charge is 0.410 e. The summed E-state index contributed by atoms with van der Waals surface area (Å²) in [6.45, 7) is 4.02. The third kappa shape index (κ3) is 2.74. The van der Waals surface area contributed by atoms with Crippen LogP contribution >= 0.6 is 0 Å². The van der Waals surface area contributed by atoms with Crippen LogP contribution < -0.4 is 14.8 Å². The minimum Gasteiger partial charge on any atom is -0.493 e. The molecule has 0 aliphatic carbocycles. The van der Waals surface area contributed by atoms with Crippen LogP contribution in [0, 0.1) is 0 Å². The van der Waals surface area contributed by atoms with Gasteiger partial charge in [-0.25, -0.2) is 4.79 Å². The predicted octanol–water partition coefficient (Wildman–Crippen LogP) is 1.87. The van der Waals surface area contributed by atoms with Gasteiger partial charge < -0.3 is 19.5 Å². The second-order valence-electron chi connectivity index (χ2n) is 3.81. The summed E-state index contributed by atoms with van der Waals surface area (Å²) in [5.74, 6) is 1.16. The molecule has 0 bridgehead atoms. The molecule has 1 aromatic rings. The number of carbonyl (C=O) groups excluding carboxylic acids is 1. The summed E-state index contributed by atoms with van der Waals surface area (Å²) < 4.78 is 15.7. The molecule has 18 heavy (non-hydrogen) atoms. The van der Waals surface area contributed by atoms with E-state index in [9.17, 15) is 4.79 Å². The average molecular weight is 249 g/mol. The molecular formula is C13H15NO4. The topological polar surface area (TPSA) is 56.8 Å². The summed E-state index contributed by atoms with van der Waals surface area (Å²) in [4.78, 5) is 10.9. The van der Waals surface area contributed by atoms with E-state index >= 15 is 0 Å². The molecule has 1 saturated heterocycles. The number of methoxy groups -OCH3 is 1. The van der Waals surface area contributed by atoms with Crippen molar-refractivity contribution in [3.8, 4) is 11.5 Å². The molecule has 0 aromatic heterocycles. The number of hydrogen-bond acceptors (Lipinski definition) is 4. The summed E-state index contributed by atoms with van der Waals surface area (Å²) >= 11 is 0. The standard InChI is InChI=1S/C13H15NO4/c1-3-4-9-5-6-10(11(7-9)16-2)17-12-8-14-13(15)18-12/h3,5-7,12H,1,4,8H2,2H3,(H,14,15). The Kier molecular flexibility index (Phi) is 3.72.